The molecule has 5 heteroatoms. The van der Waals surface area contributed by atoms with E-state index in [1.165, 1.54) is 13.5 Å². The Morgan fingerprint density at radius 3 is 2.55 bits per heavy atom. The first-order valence-corrected chi connectivity index (χ1v) is 7.24. The molecule has 0 heterocycles. The lowest BCUT2D eigenvalue weighted by molar-refractivity contribution is -0.143. The van der Waals surface area contributed by atoms with Gasteiger partial charge in [0.05, 0.1) is 6.61 Å². The van der Waals surface area contributed by atoms with Crippen LogP contribution in [0.4, 0.5) is 0 Å². The largest absolute Gasteiger partial charge is 0.480 e. The van der Waals surface area contributed by atoms with Crippen molar-refractivity contribution in [2.45, 2.75) is 52.5 Å². The van der Waals surface area contributed by atoms with E-state index in [0.29, 0.717) is 18.3 Å². The SMILES string of the molecule is COCC(NC(=O)CC1CC(C)CC(C)(C)C1)C(=O)O. The van der Waals surface area contributed by atoms with Crippen LogP contribution in [0.2, 0.25) is 0 Å². The second-order valence-electron chi connectivity index (χ2n) is 6.90. The number of carbonyl (C=O) groups is 2. The van der Waals surface area contributed by atoms with Gasteiger partial charge < -0.3 is 15.2 Å². The topological polar surface area (TPSA) is 75.6 Å². The third kappa shape index (κ3) is 5.49. The van der Waals surface area contributed by atoms with E-state index in [1.807, 2.05) is 0 Å². The van der Waals surface area contributed by atoms with Crippen molar-refractivity contribution in [2.24, 2.45) is 17.3 Å². The number of rotatable bonds is 6. The minimum atomic E-state index is -1.06. The lowest BCUT2D eigenvalue weighted by atomic mass is 9.67. The highest BCUT2D eigenvalue weighted by Gasteiger charge is 2.33. The molecule has 1 rings (SSSR count). The van der Waals surface area contributed by atoms with E-state index in [2.05, 4.69) is 26.1 Å². The zero-order chi connectivity index (χ0) is 15.3. The van der Waals surface area contributed by atoms with Gasteiger partial charge in [0.2, 0.25) is 5.91 Å². The van der Waals surface area contributed by atoms with Gasteiger partial charge in [0.1, 0.15) is 0 Å². The molecule has 3 unspecified atom stereocenters. The average Bonchev–Trinajstić information content (AvgIpc) is 2.24. The summed E-state index contributed by atoms with van der Waals surface area (Å²) in [6.07, 6.45) is 3.65. The Bertz CT molecular complexity index is 354. The van der Waals surface area contributed by atoms with Gasteiger partial charge in [0, 0.05) is 13.5 Å². The monoisotopic (exact) mass is 285 g/mol. The van der Waals surface area contributed by atoms with Crippen LogP contribution in [0.1, 0.15) is 46.5 Å². The highest BCUT2D eigenvalue weighted by atomic mass is 16.5. The van der Waals surface area contributed by atoms with Crippen LogP contribution in [0, 0.1) is 17.3 Å². The molecule has 0 aromatic heterocycles. The van der Waals surface area contributed by atoms with Gasteiger partial charge in [-0.1, -0.05) is 20.8 Å². The summed E-state index contributed by atoms with van der Waals surface area (Å²) in [5, 5.41) is 11.5. The molecule has 1 aliphatic carbocycles. The van der Waals surface area contributed by atoms with Crippen LogP contribution in [-0.4, -0.2) is 36.7 Å². The summed E-state index contributed by atoms with van der Waals surface area (Å²) in [4.78, 5) is 23.0. The van der Waals surface area contributed by atoms with E-state index < -0.39 is 12.0 Å². The van der Waals surface area contributed by atoms with Crippen LogP contribution in [0.5, 0.6) is 0 Å². The van der Waals surface area contributed by atoms with Crippen molar-refractivity contribution in [1.29, 1.82) is 0 Å². The molecule has 5 nitrogen and oxygen atoms in total. The molecule has 1 saturated carbocycles. The highest BCUT2D eigenvalue weighted by molar-refractivity contribution is 5.83. The van der Waals surface area contributed by atoms with Crippen molar-refractivity contribution in [3.8, 4) is 0 Å². The zero-order valence-electron chi connectivity index (χ0n) is 12.9. The fourth-order valence-corrected chi connectivity index (χ4v) is 3.56. The molecule has 2 N–H and O–H groups in total. The summed E-state index contributed by atoms with van der Waals surface area (Å²) < 4.78 is 4.81. The summed E-state index contributed by atoms with van der Waals surface area (Å²) in [7, 11) is 1.42. The fourth-order valence-electron chi connectivity index (χ4n) is 3.56. The van der Waals surface area contributed by atoms with Gasteiger partial charge in [-0.2, -0.15) is 0 Å². The number of hydrogen-bond donors (Lipinski definition) is 2. The Morgan fingerprint density at radius 2 is 2.05 bits per heavy atom. The Labute approximate surface area is 121 Å². The van der Waals surface area contributed by atoms with E-state index in [-0.39, 0.29) is 17.9 Å². The Morgan fingerprint density at radius 1 is 1.40 bits per heavy atom. The second-order valence-corrected chi connectivity index (χ2v) is 6.90. The maximum Gasteiger partial charge on any atom is 0.328 e. The Hall–Kier alpha value is -1.10. The molecule has 1 aliphatic rings. The minimum absolute atomic E-state index is 0.00631. The average molecular weight is 285 g/mol. The Balaban J connectivity index is 2.50. The van der Waals surface area contributed by atoms with Gasteiger partial charge in [0.25, 0.3) is 0 Å². The first-order valence-electron chi connectivity index (χ1n) is 7.24. The number of methoxy groups -OCH3 is 1. The predicted molar refractivity (Wildman–Crippen MR) is 76.3 cm³/mol. The molecular formula is C15H27NO4. The molecule has 0 bridgehead atoms. The summed E-state index contributed by atoms with van der Waals surface area (Å²) in [6.45, 7) is 6.68. The summed E-state index contributed by atoms with van der Waals surface area (Å²) in [5.41, 5.74) is 0.265. The van der Waals surface area contributed by atoms with Crippen molar-refractivity contribution < 1.29 is 19.4 Å². The van der Waals surface area contributed by atoms with Gasteiger partial charge >= 0.3 is 5.97 Å². The maximum absolute atomic E-state index is 12.0. The van der Waals surface area contributed by atoms with E-state index in [1.54, 1.807) is 0 Å². The molecule has 3 atom stereocenters. The normalized spacial score (nSPS) is 26.8. The van der Waals surface area contributed by atoms with Gasteiger partial charge in [-0.05, 0) is 36.5 Å². The lowest BCUT2D eigenvalue weighted by Crippen LogP contribution is -2.44. The summed E-state index contributed by atoms with van der Waals surface area (Å²) in [5.74, 6) is -0.293. The van der Waals surface area contributed by atoms with Crippen molar-refractivity contribution >= 4 is 11.9 Å². The van der Waals surface area contributed by atoms with Crippen LogP contribution < -0.4 is 5.32 Å². The summed E-state index contributed by atoms with van der Waals surface area (Å²) >= 11 is 0. The Kier molecular flexibility index (Phi) is 5.99. The number of aliphatic carboxylic acids is 1. The highest BCUT2D eigenvalue weighted by Crippen LogP contribution is 2.42. The molecule has 1 amide bonds. The van der Waals surface area contributed by atoms with Crippen LogP contribution in [0.25, 0.3) is 0 Å². The van der Waals surface area contributed by atoms with Crippen LogP contribution in [0.3, 0.4) is 0 Å². The number of nitrogens with one attached hydrogen (secondary N) is 1. The second kappa shape index (κ2) is 7.07. The predicted octanol–water partition coefficient (Wildman–Crippen LogP) is 2.05. The van der Waals surface area contributed by atoms with Crippen LogP contribution >= 0.6 is 0 Å². The van der Waals surface area contributed by atoms with Gasteiger partial charge in [-0.25, -0.2) is 4.79 Å². The standard InChI is InChI=1S/C15H27NO4/c1-10-5-11(8-15(2,3)7-10)6-13(17)16-12(9-20-4)14(18)19/h10-12H,5-9H2,1-4H3,(H,16,17)(H,18,19). The number of carbonyl (C=O) groups excluding carboxylic acids is 1. The maximum atomic E-state index is 12.0. The number of hydrogen-bond acceptors (Lipinski definition) is 3. The van der Waals surface area contributed by atoms with E-state index in [0.717, 1.165) is 12.8 Å². The molecule has 116 valence electrons. The first kappa shape index (κ1) is 17.0. The number of carboxylic acid groups (broad SMARTS) is 1. The number of carboxylic acids is 1. The molecule has 0 spiro atoms. The lowest BCUT2D eigenvalue weighted by Gasteiger charge is -2.38. The molecule has 0 radical (unpaired) electrons. The molecule has 0 saturated heterocycles. The van der Waals surface area contributed by atoms with Crippen molar-refractivity contribution in [3.63, 3.8) is 0 Å². The number of amides is 1. The molecule has 0 aliphatic heterocycles. The van der Waals surface area contributed by atoms with Crippen LogP contribution in [0.15, 0.2) is 0 Å². The van der Waals surface area contributed by atoms with Crippen molar-refractivity contribution in [1.82, 2.24) is 5.32 Å². The molecule has 0 aromatic rings. The fraction of sp³-hybridized carbons (Fsp3) is 0.867. The van der Waals surface area contributed by atoms with E-state index >= 15 is 0 Å². The van der Waals surface area contributed by atoms with E-state index in [4.69, 9.17) is 9.84 Å². The zero-order valence-corrected chi connectivity index (χ0v) is 12.9. The molecule has 0 aromatic carbocycles. The van der Waals surface area contributed by atoms with Crippen molar-refractivity contribution in [2.75, 3.05) is 13.7 Å². The third-order valence-corrected chi connectivity index (χ3v) is 3.92. The molecular weight excluding hydrogens is 258 g/mol. The quantitative estimate of drug-likeness (QED) is 0.783. The van der Waals surface area contributed by atoms with Crippen molar-refractivity contribution in [3.05, 3.63) is 0 Å². The first-order chi connectivity index (χ1) is 9.23. The van der Waals surface area contributed by atoms with Gasteiger partial charge in [-0.15, -0.1) is 0 Å². The third-order valence-electron chi connectivity index (χ3n) is 3.92. The molecule has 1 fully saturated rings. The van der Waals surface area contributed by atoms with Gasteiger partial charge in [-0.3, -0.25) is 4.79 Å². The van der Waals surface area contributed by atoms with Crippen LogP contribution in [-0.2, 0) is 14.3 Å². The van der Waals surface area contributed by atoms with Gasteiger partial charge in [0.15, 0.2) is 6.04 Å². The minimum Gasteiger partial charge on any atom is -0.480 e. The van der Waals surface area contributed by atoms with E-state index in [9.17, 15) is 9.59 Å². The summed E-state index contributed by atoms with van der Waals surface area (Å²) in [6, 6.07) is -0.957. The smallest absolute Gasteiger partial charge is 0.328 e. The molecule has 20 heavy (non-hydrogen) atoms. The number of ether oxygens (including phenoxy) is 1.